The third-order valence-corrected chi connectivity index (χ3v) is 20.1. The monoisotopic (exact) mass is 1780 g/mol. The second-order valence-electron chi connectivity index (χ2n) is 27.6. The zero-order valence-electron chi connectivity index (χ0n) is 64.9. The summed E-state index contributed by atoms with van der Waals surface area (Å²) < 4.78 is 164. The van der Waals surface area contributed by atoms with Crippen molar-refractivity contribution in [1.29, 1.82) is 0 Å². The standard InChI is InChI=1S/C90H64Cl4F6N2O22/c1-45(91)83(107)115-35-31-49-15-23-53(24-16-49)119-67-39-57-71-58(80(104)101(79(57)103)61(43-89(95,96)97)87(111)123-65-13-9-7-11-63(65)113-5)41-69(121-55-27-19-51(20-28-55)33-37-117-85(109)47(3)93)75-76-70(122-56-29-21-52(22-30-56)34-38-118-86(110)48(4)94)42-60-72-59(81(105)102(82(60)106)62(44-90(98,99)100)88(112)124-66-14-10-8-12-64(66)114-6)40-68(74(78(72)76)73(67)77(71)75)120-54-25-17-50(18-26-54)32-36-116-84(108)46(2)92/h7-30,39-42,61-62H,1-4,31-38,43-44H2,5-6H3. The van der Waals surface area contributed by atoms with E-state index in [-0.39, 0.29) is 129 Å². The minimum absolute atomic E-state index is 0.0612. The molecule has 2 atom stereocenters. The summed E-state index contributed by atoms with van der Waals surface area (Å²) >= 11 is 23.2. The van der Waals surface area contributed by atoms with Gasteiger partial charge in [-0.3, -0.25) is 29.0 Å². The van der Waals surface area contributed by atoms with Crippen molar-refractivity contribution in [3.05, 3.63) is 261 Å². The molecule has 2 unspecified atom stereocenters. The van der Waals surface area contributed by atoms with Gasteiger partial charge in [-0.15, -0.1) is 0 Å². The lowest BCUT2D eigenvalue weighted by Gasteiger charge is -2.35. The Kier molecular flexibility index (Phi) is 26.3. The molecule has 2 aliphatic rings. The molecule has 4 amide bonds. The third-order valence-electron chi connectivity index (χ3n) is 19.5. The highest BCUT2D eigenvalue weighted by molar-refractivity contribution is 6.46. The molecule has 0 spiro atoms. The number of amides is 4. The van der Waals surface area contributed by atoms with Crippen LogP contribution in [0.15, 0.2) is 216 Å². The van der Waals surface area contributed by atoms with Crippen LogP contribution in [0.2, 0.25) is 0 Å². The van der Waals surface area contributed by atoms with Gasteiger partial charge < -0.3 is 56.8 Å². The fourth-order valence-electron chi connectivity index (χ4n) is 14.0. The second kappa shape index (κ2) is 36.9. The van der Waals surface area contributed by atoms with E-state index in [2.05, 4.69) is 26.3 Å². The van der Waals surface area contributed by atoms with Crippen molar-refractivity contribution in [2.45, 2.75) is 63.0 Å². The van der Waals surface area contributed by atoms with Gasteiger partial charge in [0.2, 0.25) is 0 Å². The highest BCUT2D eigenvalue weighted by Gasteiger charge is 2.51. The lowest BCUT2D eigenvalue weighted by atomic mass is 9.80. The van der Waals surface area contributed by atoms with Crippen molar-refractivity contribution in [1.82, 2.24) is 9.80 Å². The van der Waals surface area contributed by atoms with E-state index < -0.39 is 184 Å². The number of hydrogen-bond acceptors (Lipinski definition) is 22. The van der Waals surface area contributed by atoms with Gasteiger partial charge in [-0.1, -0.05) is 146 Å². The number of halogens is 10. The van der Waals surface area contributed by atoms with Crippen molar-refractivity contribution in [3.8, 4) is 69.0 Å². The average molecular weight is 1780 g/mol. The number of methoxy groups -OCH3 is 2. The van der Waals surface area contributed by atoms with Crippen molar-refractivity contribution in [3.63, 3.8) is 0 Å². The van der Waals surface area contributed by atoms with Gasteiger partial charge >= 0.3 is 48.2 Å². The molecular weight excluding hydrogens is 1720 g/mol. The first-order valence-corrected chi connectivity index (χ1v) is 38.7. The predicted octanol–water partition coefficient (Wildman–Crippen LogP) is 19.3. The van der Waals surface area contributed by atoms with Crippen LogP contribution in [-0.2, 0) is 73.4 Å². The molecule has 0 aromatic heterocycles. The summed E-state index contributed by atoms with van der Waals surface area (Å²) in [5.41, 5.74) is -0.592. The second-order valence-corrected chi connectivity index (χ2v) is 29.4. The van der Waals surface area contributed by atoms with Gasteiger partial charge in [0.05, 0.1) is 75.7 Å². The minimum atomic E-state index is -5.37. The number of rotatable bonds is 34. The number of para-hydroxylation sites is 4. The number of imide groups is 2. The van der Waals surface area contributed by atoms with Crippen LogP contribution in [0.3, 0.4) is 0 Å². The van der Waals surface area contributed by atoms with Crippen LogP contribution in [0.25, 0.3) is 43.1 Å². The topological polar surface area (TPSA) is 288 Å². The molecule has 0 fully saturated rings. The lowest BCUT2D eigenvalue weighted by Crippen LogP contribution is -2.53. The van der Waals surface area contributed by atoms with Crippen LogP contribution in [0.5, 0.6) is 69.0 Å². The fraction of sp³-hybridized carbons (Fsp3) is 0.178. The summed E-state index contributed by atoms with van der Waals surface area (Å²) in [5, 5.41) is -4.09. The highest BCUT2D eigenvalue weighted by Crippen LogP contribution is 2.59. The SMILES string of the molecule is C=C(Cl)C(=O)OCCc1ccc(Oc2cc3c4c(cc(Oc5ccc(CCOC(=O)C(=C)Cl)cc5)c5c6c(Oc7ccc(CCOC(=O)C(=C)Cl)cc7)cc7c8c(cc(Oc9ccc(CCOC(=O)C(=C)Cl)cc9)c(c2c45)c86)C(=O)N(C(CC(F)(F)F)C(=O)Oc2ccccc2OC)C7=O)C(=O)N(C(CC(F)(F)F)C(=O)Oc2ccccc2OC)C3=O)cc1. The Morgan fingerprint density at radius 1 is 0.331 bits per heavy atom. The summed E-state index contributed by atoms with van der Waals surface area (Å²) in [5.74, 6) is -17.0. The Labute approximate surface area is 719 Å². The van der Waals surface area contributed by atoms with Crippen molar-refractivity contribution < 1.29 is 131 Å². The molecule has 2 heterocycles. The van der Waals surface area contributed by atoms with E-state index in [0.717, 1.165) is 24.3 Å². The lowest BCUT2D eigenvalue weighted by molar-refractivity contribution is -0.161. The number of alkyl halides is 6. The zero-order chi connectivity index (χ0) is 88.9. The van der Waals surface area contributed by atoms with E-state index in [1.165, 1.54) is 160 Å². The Balaban J connectivity index is 1.16. The first kappa shape index (κ1) is 88.1. The van der Waals surface area contributed by atoms with Crippen LogP contribution in [0.1, 0.15) is 76.5 Å². The van der Waals surface area contributed by atoms with Crippen LogP contribution >= 0.6 is 46.4 Å². The maximum atomic E-state index is 16.3. The molecular formula is C90H64Cl4F6N2O22. The summed E-state index contributed by atoms with van der Waals surface area (Å²) in [7, 11) is 2.35. The molecule has 0 saturated carbocycles. The maximum absolute atomic E-state index is 16.3. The molecule has 11 aromatic rings. The van der Waals surface area contributed by atoms with Gasteiger partial charge in [-0.05, 0) is 119 Å². The quantitative estimate of drug-likeness (QED) is 0.00529. The van der Waals surface area contributed by atoms with Gasteiger partial charge in [0, 0.05) is 68.8 Å². The van der Waals surface area contributed by atoms with Crippen LogP contribution in [-0.4, -0.2) is 134 Å². The molecule has 24 nitrogen and oxygen atoms in total. The molecule has 0 radical (unpaired) electrons. The molecule has 124 heavy (non-hydrogen) atoms. The third kappa shape index (κ3) is 19.3. The number of ether oxygens (including phenoxy) is 12. The van der Waals surface area contributed by atoms with Gasteiger partial charge in [-0.2, -0.15) is 26.3 Å². The van der Waals surface area contributed by atoms with Gasteiger partial charge in [-0.25, -0.2) is 28.8 Å². The first-order valence-electron chi connectivity index (χ1n) is 37.2. The number of fused-ring (bicyclic) bond motifs is 2. The number of benzene rings is 11. The van der Waals surface area contributed by atoms with Gasteiger partial charge in [0.25, 0.3) is 23.6 Å². The van der Waals surface area contributed by atoms with E-state index in [0.29, 0.717) is 22.3 Å². The van der Waals surface area contributed by atoms with Crippen molar-refractivity contribution in [2.24, 2.45) is 0 Å². The Bertz CT molecular complexity index is 5560. The minimum Gasteiger partial charge on any atom is -0.493 e. The molecule has 11 aromatic carbocycles. The Hall–Kier alpha value is -13.7. The molecule has 636 valence electrons. The molecule has 0 aliphatic carbocycles. The fourth-order valence-corrected chi connectivity index (χ4v) is 14.2. The largest absolute Gasteiger partial charge is 0.493 e. The van der Waals surface area contributed by atoms with Crippen molar-refractivity contribution in [2.75, 3.05) is 40.6 Å². The van der Waals surface area contributed by atoms with E-state index in [1.807, 2.05) is 0 Å². The summed E-state index contributed by atoms with van der Waals surface area (Å²) in [6.07, 6.45) is -14.9. The summed E-state index contributed by atoms with van der Waals surface area (Å²) in [4.78, 5) is 145. The van der Waals surface area contributed by atoms with E-state index in [9.17, 15) is 28.8 Å². The number of nitrogens with zero attached hydrogens (tertiary/aromatic N) is 2. The molecule has 0 N–H and O–H groups in total. The number of hydrogen-bond donors (Lipinski definition) is 0. The van der Waals surface area contributed by atoms with Crippen LogP contribution < -0.4 is 37.9 Å². The Morgan fingerprint density at radius 3 is 0.766 bits per heavy atom. The van der Waals surface area contributed by atoms with Gasteiger partial charge in [0.15, 0.2) is 23.0 Å². The number of carbonyl (C=O) groups excluding carboxylic acids is 10. The van der Waals surface area contributed by atoms with Crippen molar-refractivity contribution >= 4 is 149 Å². The normalized spacial score (nSPS) is 13.0. The highest BCUT2D eigenvalue weighted by atomic mass is 35.5. The zero-order valence-corrected chi connectivity index (χ0v) is 67.9. The van der Waals surface area contributed by atoms with Crippen LogP contribution in [0, 0.1) is 0 Å². The van der Waals surface area contributed by atoms with E-state index in [4.69, 9.17) is 103 Å². The molecule has 2 aliphatic heterocycles. The van der Waals surface area contributed by atoms with E-state index >= 15 is 45.5 Å². The number of esters is 6. The van der Waals surface area contributed by atoms with E-state index in [1.54, 1.807) is 0 Å². The molecule has 0 bridgehead atoms. The molecule has 34 heteroatoms. The van der Waals surface area contributed by atoms with Crippen LogP contribution in [0.4, 0.5) is 26.3 Å². The molecule has 13 rings (SSSR count). The molecule has 0 saturated heterocycles. The maximum Gasteiger partial charge on any atom is 0.391 e. The summed E-state index contributed by atoms with van der Waals surface area (Å²) in [6, 6.07) is 32.7. The average Bonchev–Trinajstić information content (AvgIpc) is 0.669. The Morgan fingerprint density at radius 2 is 0.556 bits per heavy atom. The summed E-state index contributed by atoms with van der Waals surface area (Å²) in [6.45, 7) is 12.7. The van der Waals surface area contributed by atoms with Gasteiger partial charge in [0.1, 0.15) is 78.2 Å². The smallest absolute Gasteiger partial charge is 0.391 e. The predicted molar refractivity (Wildman–Crippen MR) is 440 cm³/mol. The number of carbonyl (C=O) groups is 10. The first-order chi connectivity index (χ1) is 59.1.